The van der Waals surface area contributed by atoms with Gasteiger partial charge in [0.05, 0.1) is 6.04 Å². The fraction of sp³-hybridized carbons (Fsp3) is 0.188. The van der Waals surface area contributed by atoms with Crippen LogP contribution in [0.2, 0.25) is 0 Å². The maximum absolute atomic E-state index is 5.51. The van der Waals surface area contributed by atoms with Gasteiger partial charge in [-0.1, -0.05) is 54.6 Å². The van der Waals surface area contributed by atoms with E-state index in [2.05, 4.69) is 53.5 Å². The molecule has 0 bridgehead atoms. The Hall–Kier alpha value is -2.29. The van der Waals surface area contributed by atoms with Crippen molar-refractivity contribution in [3.63, 3.8) is 0 Å². The highest BCUT2D eigenvalue weighted by Gasteiger charge is 2.16. The van der Waals surface area contributed by atoms with Crippen molar-refractivity contribution < 1.29 is 4.74 Å². The van der Waals surface area contributed by atoms with Crippen molar-refractivity contribution in [3.05, 3.63) is 60.2 Å². The molecular formula is C16H16N2O. The number of nitrogens with two attached hydrogens (primary N) is 1. The molecule has 0 saturated heterocycles. The summed E-state index contributed by atoms with van der Waals surface area (Å²) in [6, 6.07) is 19.4. The topological polar surface area (TPSA) is 47.6 Å². The van der Waals surface area contributed by atoms with Gasteiger partial charge < -0.3 is 10.5 Å². The SMILES string of the molecule is NC1=NC(Cc2ccc(-c3ccccc3)cc2)CO1. The van der Waals surface area contributed by atoms with Crippen LogP contribution < -0.4 is 5.73 Å². The van der Waals surface area contributed by atoms with E-state index in [1.807, 2.05) is 6.07 Å². The van der Waals surface area contributed by atoms with Crippen LogP contribution in [0.25, 0.3) is 11.1 Å². The summed E-state index contributed by atoms with van der Waals surface area (Å²) < 4.78 is 5.16. The maximum atomic E-state index is 5.51. The van der Waals surface area contributed by atoms with Gasteiger partial charge in [0, 0.05) is 0 Å². The van der Waals surface area contributed by atoms with Crippen LogP contribution in [0.15, 0.2) is 59.6 Å². The lowest BCUT2D eigenvalue weighted by atomic mass is 10.0. The summed E-state index contributed by atoms with van der Waals surface area (Å²) in [7, 11) is 0. The lowest BCUT2D eigenvalue weighted by molar-refractivity contribution is 0.312. The van der Waals surface area contributed by atoms with Crippen molar-refractivity contribution in [2.24, 2.45) is 10.7 Å². The third-order valence-electron chi connectivity index (χ3n) is 3.27. The molecule has 2 aromatic rings. The average molecular weight is 252 g/mol. The number of benzene rings is 2. The van der Waals surface area contributed by atoms with Crippen molar-refractivity contribution in [1.82, 2.24) is 0 Å². The van der Waals surface area contributed by atoms with Gasteiger partial charge in [0.2, 0.25) is 0 Å². The zero-order valence-electron chi connectivity index (χ0n) is 10.6. The van der Waals surface area contributed by atoms with Crippen molar-refractivity contribution >= 4 is 6.02 Å². The van der Waals surface area contributed by atoms with E-state index in [4.69, 9.17) is 10.5 Å². The molecule has 3 rings (SSSR count). The molecule has 1 heterocycles. The second-order valence-electron chi connectivity index (χ2n) is 4.70. The van der Waals surface area contributed by atoms with Crippen molar-refractivity contribution in [1.29, 1.82) is 0 Å². The van der Waals surface area contributed by atoms with E-state index >= 15 is 0 Å². The van der Waals surface area contributed by atoms with Gasteiger partial charge in [-0.05, 0) is 23.1 Å². The summed E-state index contributed by atoms with van der Waals surface area (Å²) in [5.41, 5.74) is 9.23. The van der Waals surface area contributed by atoms with E-state index in [1.54, 1.807) is 0 Å². The van der Waals surface area contributed by atoms with Gasteiger partial charge in [-0.3, -0.25) is 0 Å². The molecule has 3 heteroatoms. The molecular weight excluding hydrogens is 236 g/mol. The number of amidine groups is 1. The molecule has 1 unspecified atom stereocenters. The summed E-state index contributed by atoms with van der Waals surface area (Å²) in [5.74, 6) is 0. The number of hydrogen-bond donors (Lipinski definition) is 1. The number of hydrogen-bond acceptors (Lipinski definition) is 3. The summed E-state index contributed by atoms with van der Waals surface area (Å²) in [4.78, 5) is 4.24. The molecule has 3 nitrogen and oxygen atoms in total. The summed E-state index contributed by atoms with van der Waals surface area (Å²) in [6.07, 6.45) is 0.871. The minimum absolute atomic E-state index is 0.155. The molecule has 1 aliphatic rings. The molecule has 96 valence electrons. The number of nitrogens with zero attached hydrogens (tertiary/aromatic N) is 1. The Balaban J connectivity index is 1.73. The molecule has 1 aliphatic heterocycles. The molecule has 0 radical (unpaired) electrons. The highest BCUT2D eigenvalue weighted by Crippen LogP contribution is 2.20. The molecule has 0 amide bonds. The first kappa shape index (κ1) is 11.8. The van der Waals surface area contributed by atoms with Gasteiger partial charge in [-0.25, -0.2) is 4.99 Å². The van der Waals surface area contributed by atoms with Gasteiger partial charge in [-0.15, -0.1) is 0 Å². The Morgan fingerprint density at radius 3 is 2.32 bits per heavy atom. The van der Waals surface area contributed by atoms with E-state index in [0.29, 0.717) is 12.6 Å². The third-order valence-corrected chi connectivity index (χ3v) is 3.27. The predicted octanol–water partition coefficient (Wildman–Crippen LogP) is 2.61. The Kier molecular flexibility index (Phi) is 3.19. The number of rotatable bonds is 3. The van der Waals surface area contributed by atoms with Crippen LogP contribution in [0.3, 0.4) is 0 Å². The van der Waals surface area contributed by atoms with Crippen LogP contribution in [0.4, 0.5) is 0 Å². The smallest absolute Gasteiger partial charge is 0.282 e. The first-order chi connectivity index (χ1) is 9.31. The first-order valence-corrected chi connectivity index (χ1v) is 6.42. The second kappa shape index (κ2) is 5.14. The fourth-order valence-electron chi connectivity index (χ4n) is 2.28. The zero-order valence-corrected chi connectivity index (χ0v) is 10.6. The van der Waals surface area contributed by atoms with E-state index in [0.717, 1.165) is 6.42 Å². The fourth-order valence-corrected chi connectivity index (χ4v) is 2.28. The van der Waals surface area contributed by atoms with Gasteiger partial charge in [0.25, 0.3) is 6.02 Å². The standard InChI is InChI=1S/C16H16N2O/c17-16-18-15(11-19-16)10-12-6-8-14(9-7-12)13-4-2-1-3-5-13/h1-9,15H,10-11H2,(H2,17,18). The van der Waals surface area contributed by atoms with Crippen LogP contribution in [0.5, 0.6) is 0 Å². The largest absolute Gasteiger partial charge is 0.463 e. The Morgan fingerprint density at radius 1 is 1.00 bits per heavy atom. The van der Waals surface area contributed by atoms with Gasteiger partial charge in [0.1, 0.15) is 6.61 Å². The van der Waals surface area contributed by atoms with Crippen LogP contribution in [-0.4, -0.2) is 18.7 Å². The highest BCUT2D eigenvalue weighted by atomic mass is 16.5. The van der Waals surface area contributed by atoms with Crippen LogP contribution >= 0.6 is 0 Å². The number of aliphatic imine (C=N–C) groups is 1. The van der Waals surface area contributed by atoms with E-state index in [-0.39, 0.29) is 6.04 Å². The summed E-state index contributed by atoms with van der Waals surface area (Å²) >= 11 is 0. The van der Waals surface area contributed by atoms with Crippen LogP contribution in [0.1, 0.15) is 5.56 Å². The Labute approximate surface area is 112 Å². The van der Waals surface area contributed by atoms with Crippen LogP contribution in [0, 0.1) is 0 Å². The van der Waals surface area contributed by atoms with Crippen molar-refractivity contribution in [2.75, 3.05) is 6.61 Å². The maximum Gasteiger partial charge on any atom is 0.282 e. The lowest BCUT2D eigenvalue weighted by Gasteiger charge is -2.07. The molecule has 1 atom stereocenters. The minimum Gasteiger partial charge on any atom is -0.463 e. The molecule has 0 aliphatic carbocycles. The molecule has 0 aromatic heterocycles. The normalized spacial score (nSPS) is 17.9. The highest BCUT2D eigenvalue weighted by molar-refractivity contribution is 5.73. The predicted molar refractivity (Wildman–Crippen MR) is 76.9 cm³/mol. The van der Waals surface area contributed by atoms with Gasteiger partial charge in [0.15, 0.2) is 0 Å². The van der Waals surface area contributed by atoms with E-state index < -0.39 is 0 Å². The van der Waals surface area contributed by atoms with E-state index in [1.165, 1.54) is 16.7 Å². The zero-order chi connectivity index (χ0) is 13.1. The second-order valence-corrected chi connectivity index (χ2v) is 4.70. The molecule has 2 aromatic carbocycles. The number of ether oxygens (including phenoxy) is 1. The molecule has 2 N–H and O–H groups in total. The Morgan fingerprint density at radius 2 is 1.68 bits per heavy atom. The molecule has 0 fully saturated rings. The van der Waals surface area contributed by atoms with Gasteiger partial charge >= 0.3 is 0 Å². The van der Waals surface area contributed by atoms with Gasteiger partial charge in [-0.2, -0.15) is 0 Å². The first-order valence-electron chi connectivity index (χ1n) is 6.42. The summed E-state index contributed by atoms with van der Waals surface area (Å²) in [5, 5.41) is 0. The van der Waals surface area contributed by atoms with Crippen molar-refractivity contribution in [2.45, 2.75) is 12.5 Å². The van der Waals surface area contributed by atoms with Crippen LogP contribution in [-0.2, 0) is 11.2 Å². The average Bonchev–Trinajstić information content (AvgIpc) is 2.86. The lowest BCUT2D eigenvalue weighted by Crippen LogP contribution is -2.11. The third kappa shape index (κ3) is 2.76. The Bertz CT molecular complexity index is 575. The van der Waals surface area contributed by atoms with Crippen molar-refractivity contribution in [3.8, 4) is 11.1 Å². The monoisotopic (exact) mass is 252 g/mol. The summed E-state index contributed by atoms with van der Waals surface area (Å²) in [6.45, 7) is 0.590. The quantitative estimate of drug-likeness (QED) is 0.912. The molecule has 0 saturated carbocycles. The minimum atomic E-state index is 0.155. The molecule has 19 heavy (non-hydrogen) atoms. The van der Waals surface area contributed by atoms with E-state index in [9.17, 15) is 0 Å². The molecule has 0 spiro atoms.